The third-order valence-corrected chi connectivity index (χ3v) is 7.46. The number of aliphatic imine (C=N–C) groups is 1. The first-order valence-corrected chi connectivity index (χ1v) is 13.6. The largest absolute Gasteiger partial charge is 0.465 e. The number of anilines is 2. The van der Waals surface area contributed by atoms with E-state index in [9.17, 15) is 9.59 Å². The average Bonchev–Trinajstić information content (AvgIpc) is 3.42. The summed E-state index contributed by atoms with van der Waals surface area (Å²) in [6.45, 7) is 2.02. The van der Waals surface area contributed by atoms with Gasteiger partial charge in [0.25, 0.3) is 0 Å². The van der Waals surface area contributed by atoms with E-state index in [4.69, 9.17) is 14.5 Å². The van der Waals surface area contributed by atoms with Crippen molar-refractivity contribution in [1.82, 2.24) is 4.98 Å². The molecule has 0 fully saturated rings. The number of hydrogen-bond acceptors (Lipinski definition) is 7. The lowest BCUT2D eigenvalue weighted by atomic mass is 10.0. The van der Waals surface area contributed by atoms with Crippen LogP contribution in [0, 0.1) is 6.92 Å². The lowest BCUT2D eigenvalue weighted by Crippen LogP contribution is -2.27. The molecule has 5 rings (SSSR count). The van der Waals surface area contributed by atoms with Crippen molar-refractivity contribution in [2.75, 3.05) is 19.1 Å². The molecule has 0 spiro atoms. The molecule has 8 heteroatoms. The van der Waals surface area contributed by atoms with Crippen LogP contribution in [0.4, 0.5) is 16.4 Å². The molecule has 0 bridgehead atoms. The van der Waals surface area contributed by atoms with Gasteiger partial charge in [-0.25, -0.2) is 14.6 Å². The standard InChI is InChI=1S/C33H27N3O4S/c1-22-17-19-24(20-18-22)35-30(23-12-6-4-7-13-23)36(25-14-8-5-9-15-25)31-27(26-16-10-11-21-34-26)28(32(37)39-2)29(41-31)33(38)40-3/h4-21H,1-3H3. The Kier molecular flexibility index (Phi) is 8.31. The Morgan fingerprint density at radius 3 is 2.02 bits per heavy atom. The number of carbonyl (C=O) groups is 2. The summed E-state index contributed by atoms with van der Waals surface area (Å²) in [5.74, 6) is -0.728. The molecule has 7 nitrogen and oxygen atoms in total. The molecule has 0 unspecified atom stereocenters. The first-order chi connectivity index (χ1) is 20.0. The van der Waals surface area contributed by atoms with Gasteiger partial charge in [-0.3, -0.25) is 9.88 Å². The van der Waals surface area contributed by atoms with Gasteiger partial charge in [0.15, 0.2) is 0 Å². The highest BCUT2D eigenvalue weighted by Crippen LogP contribution is 2.46. The molecule has 3 aromatic carbocycles. The summed E-state index contributed by atoms with van der Waals surface area (Å²) in [5.41, 5.74) is 4.49. The highest BCUT2D eigenvalue weighted by molar-refractivity contribution is 7.19. The predicted molar refractivity (Wildman–Crippen MR) is 163 cm³/mol. The van der Waals surface area contributed by atoms with Crippen LogP contribution < -0.4 is 4.90 Å². The summed E-state index contributed by atoms with van der Waals surface area (Å²) < 4.78 is 10.3. The van der Waals surface area contributed by atoms with E-state index in [1.165, 1.54) is 14.2 Å². The smallest absolute Gasteiger partial charge is 0.349 e. The minimum absolute atomic E-state index is 0.0849. The molecule has 0 saturated heterocycles. The lowest BCUT2D eigenvalue weighted by Gasteiger charge is -2.27. The number of methoxy groups -OCH3 is 2. The molecular weight excluding hydrogens is 534 g/mol. The molecular formula is C33H27N3O4S. The highest BCUT2D eigenvalue weighted by Gasteiger charge is 2.34. The molecule has 204 valence electrons. The Hall–Kier alpha value is -5.08. The quantitative estimate of drug-likeness (QED) is 0.116. The van der Waals surface area contributed by atoms with Gasteiger partial charge >= 0.3 is 11.9 Å². The second-order valence-electron chi connectivity index (χ2n) is 8.99. The lowest BCUT2D eigenvalue weighted by molar-refractivity contribution is 0.0561. The molecule has 5 aromatic rings. The first kappa shape index (κ1) is 27.5. The Balaban J connectivity index is 1.90. The number of para-hydroxylation sites is 1. The van der Waals surface area contributed by atoms with E-state index < -0.39 is 11.9 Å². The molecule has 2 heterocycles. The number of nitrogens with zero attached hydrogens (tertiary/aromatic N) is 3. The normalized spacial score (nSPS) is 11.1. The monoisotopic (exact) mass is 561 g/mol. The number of esters is 2. The fourth-order valence-electron chi connectivity index (χ4n) is 4.34. The third-order valence-electron chi connectivity index (χ3n) is 6.30. The van der Waals surface area contributed by atoms with Crippen LogP contribution in [0.15, 0.2) is 114 Å². The number of aryl methyl sites for hydroxylation is 1. The number of rotatable bonds is 7. The van der Waals surface area contributed by atoms with E-state index in [-0.39, 0.29) is 10.4 Å². The number of pyridine rings is 1. The number of hydrogen-bond donors (Lipinski definition) is 0. The van der Waals surface area contributed by atoms with Gasteiger partial charge in [-0.2, -0.15) is 0 Å². The summed E-state index contributed by atoms with van der Waals surface area (Å²) in [5, 5.41) is 0.561. The Bertz CT molecular complexity index is 1680. The van der Waals surface area contributed by atoms with Crippen molar-refractivity contribution < 1.29 is 19.1 Å². The molecule has 0 radical (unpaired) electrons. The van der Waals surface area contributed by atoms with Crippen molar-refractivity contribution >= 4 is 45.5 Å². The predicted octanol–water partition coefficient (Wildman–Crippen LogP) is 7.61. The van der Waals surface area contributed by atoms with E-state index in [2.05, 4.69) is 4.98 Å². The van der Waals surface area contributed by atoms with Crippen LogP contribution in [-0.2, 0) is 9.47 Å². The maximum atomic E-state index is 13.3. The van der Waals surface area contributed by atoms with Crippen LogP contribution in [0.5, 0.6) is 0 Å². The van der Waals surface area contributed by atoms with Gasteiger partial charge in [0.1, 0.15) is 15.7 Å². The molecule has 0 aliphatic heterocycles. The molecule has 0 amide bonds. The number of carbonyl (C=O) groups excluding carboxylic acids is 2. The van der Waals surface area contributed by atoms with E-state index >= 15 is 0 Å². The summed E-state index contributed by atoms with van der Waals surface area (Å²) in [6.07, 6.45) is 1.64. The second kappa shape index (κ2) is 12.4. The number of aromatic nitrogens is 1. The van der Waals surface area contributed by atoms with Crippen LogP contribution in [0.2, 0.25) is 0 Å². The van der Waals surface area contributed by atoms with Crippen molar-refractivity contribution in [2.24, 2.45) is 4.99 Å². The number of thiophene rings is 1. The van der Waals surface area contributed by atoms with Crippen LogP contribution in [0.1, 0.15) is 31.2 Å². The molecule has 0 atom stereocenters. The number of benzene rings is 3. The fraction of sp³-hybridized carbons (Fsp3) is 0.0909. The molecule has 0 aliphatic carbocycles. The van der Waals surface area contributed by atoms with E-state index in [1.54, 1.807) is 18.3 Å². The van der Waals surface area contributed by atoms with Crippen molar-refractivity contribution in [3.05, 3.63) is 131 Å². The van der Waals surface area contributed by atoms with Crippen LogP contribution >= 0.6 is 11.3 Å². The molecule has 0 aliphatic rings. The third kappa shape index (κ3) is 5.78. The molecule has 2 aromatic heterocycles. The van der Waals surface area contributed by atoms with Crippen LogP contribution in [0.3, 0.4) is 0 Å². The Morgan fingerprint density at radius 1 is 0.780 bits per heavy atom. The average molecular weight is 562 g/mol. The minimum Gasteiger partial charge on any atom is -0.465 e. The zero-order valence-electron chi connectivity index (χ0n) is 22.8. The second-order valence-corrected chi connectivity index (χ2v) is 9.99. The topological polar surface area (TPSA) is 81.1 Å². The van der Waals surface area contributed by atoms with Gasteiger partial charge in [0.05, 0.1) is 36.7 Å². The summed E-state index contributed by atoms with van der Waals surface area (Å²) in [7, 11) is 2.57. The first-order valence-electron chi connectivity index (χ1n) is 12.8. The van der Waals surface area contributed by atoms with Gasteiger partial charge in [0.2, 0.25) is 0 Å². The maximum Gasteiger partial charge on any atom is 0.349 e. The highest BCUT2D eigenvalue weighted by atomic mass is 32.1. The Morgan fingerprint density at radius 2 is 1.41 bits per heavy atom. The molecule has 41 heavy (non-hydrogen) atoms. The minimum atomic E-state index is -0.668. The van der Waals surface area contributed by atoms with Crippen molar-refractivity contribution in [2.45, 2.75) is 6.92 Å². The maximum absolute atomic E-state index is 13.3. The SMILES string of the molecule is COC(=O)c1sc(N(C(=Nc2ccc(C)cc2)c2ccccc2)c2ccccc2)c(-c2ccccn2)c1C(=O)OC. The van der Waals surface area contributed by atoms with E-state index in [1.807, 2.05) is 103 Å². The van der Waals surface area contributed by atoms with Gasteiger partial charge < -0.3 is 9.47 Å². The van der Waals surface area contributed by atoms with Gasteiger partial charge in [-0.1, -0.05) is 72.3 Å². The van der Waals surface area contributed by atoms with E-state index in [0.717, 1.165) is 33.8 Å². The zero-order chi connectivity index (χ0) is 28.8. The van der Waals surface area contributed by atoms with Crippen LogP contribution in [-0.4, -0.2) is 37.0 Å². The van der Waals surface area contributed by atoms with Crippen molar-refractivity contribution in [1.29, 1.82) is 0 Å². The van der Waals surface area contributed by atoms with Gasteiger partial charge in [-0.05, 0) is 43.3 Å². The molecule has 0 saturated carbocycles. The van der Waals surface area contributed by atoms with Crippen molar-refractivity contribution in [3.8, 4) is 11.3 Å². The van der Waals surface area contributed by atoms with Gasteiger partial charge in [0, 0.05) is 17.4 Å². The molecule has 0 N–H and O–H groups in total. The summed E-state index contributed by atoms with van der Waals surface area (Å²) in [6, 6.07) is 32.8. The van der Waals surface area contributed by atoms with E-state index in [0.29, 0.717) is 22.1 Å². The fourth-order valence-corrected chi connectivity index (χ4v) is 5.58. The number of ether oxygens (including phenoxy) is 2. The number of amidine groups is 1. The zero-order valence-corrected chi connectivity index (χ0v) is 23.6. The summed E-state index contributed by atoms with van der Waals surface area (Å²) in [4.78, 5) is 38.1. The van der Waals surface area contributed by atoms with Gasteiger partial charge in [-0.15, -0.1) is 11.3 Å². The Labute approximate surface area is 242 Å². The van der Waals surface area contributed by atoms with Crippen molar-refractivity contribution in [3.63, 3.8) is 0 Å². The van der Waals surface area contributed by atoms with Crippen LogP contribution in [0.25, 0.3) is 11.3 Å². The summed E-state index contributed by atoms with van der Waals surface area (Å²) >= 11 is 1.13.